The largest absolute Gasteiger partial charge is 0.453 e. The van der Waals surface area contributed by atoms with Gasteiger partial charge in [0.1, 0.15) is 6.17 Å². The van der Waals surface area contributed by atoms with E-state index in [2.05, 4.69) is 25.7 Å². The van der Waals surface area contributed by atoms with Crippen molar-refractivity contribution in [1.29, 1.82) is 0 Å². The molecule has 0 unspecified atom stereocenters. The maximum Gasteiger partial charge on any atom is 0.408 e. The smallest absolute Gasteiger partial charge is 0.408 e. The van der Waals surface area contributed by atoms with E-state index in [1.807, 2.05) is 60.8 Å². The molecular weight excluding hydrogens is 344 g/mol. The van der Waals surface area contributed by atoms with Crippen LogP contribution in [0.25, 0.3) is 10.9 Å². The Balaban J connectivity index is 1.65. The molecule has 3 rings (SSSR count). The van der Waals surface area contributed by atoms with Crippen LogP contribution in [0.1, 0.15) is 11.1 Å². The molecule has 1 atom stereocenters. The van der Waals surface area contributed by atoms with E-state index in [4.69, 9.17) is 0 Å². The van der Waals surface area contributed by atoms with Gasteiger partial charge in [0.05, 0.1) is 7.11 Å². The zero-order chi connectivity index (χ0) is 19.1. The van der Waals surface area contributed by atoms with Gasteiger partial charge < -0.3 is 25.7 Å². The van der Waals surface area contributed by atoms with E-state index in [0.717, 1.165) is 22.0 Å². The number of hydrogen-bond acceptors (Lipinski definition) is 3. The number of para-hydroxylation sites is 1. The standard InChI is InChI=1S/C20H22N4O3/c1-27-20(26)24-18(11-15-13-21-17-10-6-5-9-16(15)17)23-19(25)22-12-14-7-3-2-4-8-14/h2-10,13,18,21H,11-12H2,1H3,(H,24,26)(H2,22,23,25)/t18-/m0/s1. The van der Waals surface area contributed by atoms with Crippen molar-refractivity contribution < 1.29 is 14.3 Å². The second kappa shape index (κ2) is 8.75. The molecule has 0 saturated carbocycles. The molecule has 140 valence electrons. The second-order valence-electron chi connectivity index (χ2n) is 6.06. The van der Waals surface area contributed by atoms with Gasteiger partial charge in [0, 0.05) is 30.1 Å². The van der Waals surface area contributed by atoms with Crippen molar-refractivity contribution in [3.8, 4) is 0 Å². The number of carbonyl (C=O) groups is 2. The first-order valence-corrected chi connectivity index (χ1v) is 8.63. The Morgan fingerprint density at radius 1 is 1.04 bits per heavy atom. The Labute approximate surface area is 157 Å². The number of amides is 3. The van der Waals surface area contributed by atoms with E-state index in [-0.39, 0.29) is 6.03 Å². The van der Waals surface area contributed by atoms with Gasteiger partial charge in [-0.2, -0.15) is 0 Å². The zero-order valence-electron chi connectivity index (χ0n) is 15.0. The molecule has 0 bridgehead atoms. The maximum absolute atomic E-state index is 12.3. The monoisotopic (exact) mass is 366 g/mol. The third kappa shape index (κ3) is 5.01. The van der Waals surface area contributed by atoms with Gasteiger partial charge in [0.15, 0.2) is 0 Å². The van der Waals surface area contributed by atoms with Crippen LogP contribution in [0.2, 0.25) is 0 Å². The Hall–Kier alpha value is -3.48. The molecule has 0 aliphatic rings. The molecule has 1 heterocycles. The number of carbonyl (C=O) groups excluding carboxylic acids is 2. The number of aromatic nitrogens is 1. The van der Waals surface area contributed by atoms with Crippen molar-refractivity contribution >= 4 is 23.0 Å². The van der Waals surface area contributed by atoms with Gasteiger partial charge in [-0.15, -0.1) is 0 Å². The minimum absolute atomic E-state index is 0.375. The molecule has 3 aromatic rings. The number of hydrogen-bond donors (Lipinski definition) is 4. The van der Waals surface area contributed by atoms with Crippen molar-refractivity contribution in [3.63, 3.8) is 0 Å². The molecule has 7 nitrogen and oxygen atoms in total. The molecule has 0 fully saturated rings. The first kappa shape index (κ1) is 18.3. The van der Waals surface area contributed by atoms with Crippen LogP contribution in [0.5, 0.6) is 0 Å². The highest BCUT2D eigenvalue weighted by molar-refractivity contribution is 5.83. The van der Waals surface area contributed by atoms with Gasteiger partial charge >= 0.3 is 12.1 Å². The van der Waals surface area contributed by atoms with Gasteiger partial charge in [0.2, 0.25) is 0 Å². The van der Waals surface area contributed by atoms with Crippen molar-refractivity contribution in [3.05, 3.63) is 71.9 Å². The van der Waals surface area contributed by atoms with E-state index in [1.165, 1.54) is 7.11 Å². The number of alkyl carbamates (subject to hydrolysis) is 1. The maximum atomic E-state index is 12.3. The Morgan fingerprint density at radius 2 is 1.78 bits per heavy atom. The van der Waals surface area contributed by atoms with Crippen molar-refractivity contribution in [2.45, 2.75) is 19.1 Å². The first-order valence-electron chi connectivity index (χ1n) is 8.63. The number of ether oxygens (including phenoxy) is 1. The third-order valence-electron chi connectivity index (χ3n) is 4.18. The summed E-state index contributed by atoms with van der Waals surface area (Å²) in [6.07, 6.45) is 1.06. The molecule has 3 amide bonds. The molecule has 2 aromatic carbocycles. The number of urea groups is 1. The Bertz CT molecular complexity index is 908. The summed E-state index contributed by atoms with van der Waals surface area (Å²) in [5.74, 6) is 0. The van der Waals surface area contributed by atoms with Gasteiger partial charge in [-0.1, -0.05) is 48.5 Å². The number of methoxy groups -OCH3 is 1. The second-order valence-corrected chi connectivity index (χ2v) is 6.06. The highest BCUT2D eigenvalue weighted by Crippen LogP contribution is 2.18. The van der Waals surface area contributed by atoms with E-state index < -0.39 is 12.3 Å². The lowest BCUT2D eigenvalue weighted by Gasteiger charge is -2.20. The summed E-state index contributed by atoms with van der Waals surface area (Å²) in [6, 6.07) is 17.1. The molecule has 0 saturated heterocycles. The Kier molecular flexibility index (Phi) is 5.94. The highest BCUT2D eigenvalue weighted by Gasteiger charge is 2.17. The number of H-pyrrole nitrogens is 1. The summed E-state index contributed by atoms with van der Waals surface area (Å²) in [4.78, 5) is 27.1. The zero-order valence-corrected chi connectivity index (χ0v) is 15.0. The SMILES string of the molecule is COC(=O)N[C@@H](Cc1c[nH]c2ccccc12)NC(=O)NCc1ccccc1. The number of benzene rings is 2. The lowest BCUT2D eigenvalue weighted by Crippen LogP contribution is -2.52. The van der Waals surface area contributed by atoms with E-state index in [1.54, 1.807) is 0 Å². The van der Waals surface area contributed by atoms with Crippen molar-refractivity contribution in [2.75, 3.05) is 7.11 Å². The minimum Gasteiger partial charge on any atom is -0.453 e. The summed E-state index contributed by atoms with van der Waals surface area (Å²) in [6.45, 7) is 0.394. The van der Waals surface area contributed by atoms with Gasteiger partial charge in [0.25, 0.3) is 0 Å². The number of fused-ring (bicyclic) bond motifs is 1. The van der Waals surface area contributed by atoms with Crippen LogP contribution < -0.4 is 16.0 Å². The fraction of sp³-hybridized carbons (Fsp3) is 0.200. The fourth-order valence-electron chi connectivity index (χ4n) is 2.85. The number of aromatic amines is 1. The van der Waals surface area contributed by atoms with Crippen LogP contribution in [0.3, 0.4) is 0 Å². The minimum atomic E-state index is -0.618. The van der Waals surface area contributed by atoms with E-state index in [0.29, 0.717) is 13.0 Å². The first-order chi connectivity index (χ1) is 13.2. The number of nitrogens with one attached hydrogen (secondary N) is 4. The predicted molar refractivity (Wildman–Crippen MR) is 103 cm³/mol. The van der Waals surface area contributed by atoms with Crippen molar-refractivity contribution in [1.82, 2.24) is 20.9 Å². The molecule has 0 spiro atoms. The van der Waals surface area contributed by atoms with Crippen LogP contribution >= 0.6 is 0 Å². The van der Waals surface area contributed by atoms with Gasteiger partial charge in [-0.25, -0.2) is 9.59 Å². The molecule has 4 N–H and O–H groups in total. The van der Waals surface area contributed by atoms with E-state index in [9.17, 15) is 9.59 Å². The average Bonchev–Trinajstić information content (AvgIpc) is 3.10. The quantitative estimate of drug-likeness (QED) is 0.505. The van der Waals surface area contributed by atoms with Crippen LogP contribution in [-0.2, 0) is 17.7 Å². The van der Waals surface area contributed by atoms with Crippen LogP contribution in [-0.4, -0.2) is 30.4 Å². The molecular formula is C20H22N4O3. The van der Waals surface area contributed by atoms with Crippen molar-refractivity contribution in [2.24, 2.45) is 0 Å². The van der Waals surface area contributed by atoms with Crippen LogP contribution in [0.15, 0.2) is 60.8 Å². The summed E-state index contributed by atoms with van der Waals surface area (Å²) < 4.78 is 4.67. The fourth-order valence-corrected chi connectivity index (χ4v) is 2.85. The van der Waals surface area contributed by atoms with Gasteiger partial charge in [-0.3, -0.25) is 0 Å². The summed E-state index contributed by atoms with van der Waals surface area (Å²) in [7, 11) is 1.29. The highest BCUT2D eigenvalue weighted by atomic mass is 16.5. The van der Waals surface area contributed by atoms with E-state index >= 15 is 0 Å². The van der Waals surface area contributed by atoms with Gasteiger partial charge in [-0.05, 0) is 17.2 Å². The topological polar surface area (TPSA) is 95.2 Å². The molecule has 1 aromatic heterocycles. The lowest BCUT2D eigenvalue weighted by molar-refractivity contribution is 0.164. The molecule has 27 heavy (non-hydrogen) atoms. The molecule has 0 aliphatic heterocycles. The number of rotatable bonds is 6. The Morgan fingerprint density at radius 3 is 2.56 bits per heavy atom. The molecule has 0 radical (unpaired) electrons. The third-order valence-corrected chi connectivity index (χ3v) is 4.18. The summed E-state index contributed by atoms with van der Waals surface area (Å²) in [5, 5.41) is 9.26. The lowest BCUT2D eigenvalue weighted by atomic mass is 10.1. The summed E-state index contributed by atoms with van der Waals surface area (Å²) >= 11 is 0. The molecule has 7 heteroatoms. The van der Waals surface area contributed by atoms with Crippen LogP contribution in [0.4, 0.5) is 9.59 Å². The molecule has 0 aliphatic carbocycles. The predicted octanol–water partition coefficient (Wildman–Crippen LogP) is 2.89. The van der Waals surface area contributed by atoms with Crippen LogP contribution in [0, 0.1) is 0 Å². The normalized spacial score (nSPS) is 11.6. The average molecular weight is 366 g/mol. The summed E-state index contributed by atoms with van der Waals surface area (Å²) in [5.41, 5.74) is 2.97.